The van der Waals surface area contributed by atoms with E-state index < -0.39 is 11.6 Å². The molecule has 0 atom stereocenters. The Kier molecular flexibility index (Phi) is 9.60. The van der Waals surface area contributed by atoms with Crippen molar-refractivity contribution in [3.8, 4) is 11.8 Å². The number of rotatable bonds is 7. The first kappa shape index (κ1) is 22.7. The van der Waals surface area contributed by atoms with Crippen molar-refractivity contribution in [2.45, 2.75) is 19.4 Å². The summed E-state index contributed by atoms with van der Waals surface area (Å²) in [5.41, 5.74) is -0.928. The normalized spacial score (nSPS) is 10.5. The zero-order valence-electron chi connectivity index (χ0n) is 15.7. The smallest absolute Gasteiger partial charge is 0.348 e. The van der Waals surface area contributed by atoms with Gasteiger partial charge in [-0.15, -0.1) is 12.4 Å². The fourth-order valence-electron chi connectivity index (χ4n) is 2.63. The first-order valence-electron chi connectivity index (χ1n) is 8.81. The summed E-state index contributed by atoms with van der Waals surface area (Å²) in [5.74, 6) is 5.11. The van der Waals surface area contributed by atoms with Crippen LogP contribution < -0.4 is 0 Å². The van der Waals surface area contributed by atoms with Gasteiger partial charge in [-0.1, -0.05) is 86.4 Å². The second-order valence-electron chi connectivity index (χ2n) is 5.83. The molecular formula is C22H26ClNO3. The van der Waals surface area contributed by atoms with Gasteiger partial charge in [-0.2, -0.15) is 0 Å². The average molecular weight is 388 g/mol. The van der Waals surface area contributed by atoms with E-state index in [0.29, 0.717) is 17.7 Å². The molecule has 0 heterocycles. The average Bonchev–Trinajstić information content (AvgIpc) is 2.71. The minimum Gasteiger partial charge on any atom is -0.450 e. The molecule has 0 amide bonds. The van der Waals surface area contributed by atoms with E-state index in [2.05, 4.69) is 30.6 Å². The van der Waals surface area contributed by atoms with Gasteiger partial charge in [0.2, 0.25) is 5.60 Å². The van der Waals surface area contributed by atoms with E-state index >= 15 is 0 Å². The zero-order chi connectivity index (χ0) is 18.8. The summed E-state index contributed by atoms with van der Waals surface area (Å²) in [5, 5.41) is 11.2. The number of benzene rings is 2. The van der Waals surface area contributed by atoms with Crippen LogP contribution in [0.1, 0.15) is 25.0 Å². The van der Waals surface area contributed by atoms with Gasteiger partial charge in [0.05, 0.1) is 6.54 Å². The van der Waals surface area contributed by atoms with Crippen molar-refractivity contribution in [2.24, 2.45) is 0 Å². The molecule has 2 rings (SSSR count). The van der Waals surface area contributed by atoms with Crippen molar-refractivity contribution >= 4 is 18.4 Å². The van der Waals surface area contributed by atoms with E-state index in [1.54, 1.807) is 48.5 Å². The van der Waals surface area contributed by atoms with Crippen LogP contribution in [-0.2, 0) is 15.1 Å². The highest BCUT2D eigenvalue weighted by Crippen LogP contribution is 2.30. The minimum absolute atomic E-state index is 0. The Morgan fingerprint density at radius 1 is 0.963 bits per heavy atom. The third kappa shape index (κ3) is 5.83. The third-order valence-corrected chi connectivity index (χ3v) is 4.28. The third-order valence-electron chi connectivity index (χ3n) is 4.28. The second-order valence-corrected chi connectivity index (χ2v) is 5.83. The first-order valence-corrected chi connectivity index (χ1v) is 8.81. The summed E-state index contributed by atoms with van der Waals surface area (Å²) < 4.78 is 5.28. The van der Waals surface area contributed by atoms with Gasteiger partial charge in [0.25, 0.3) is 0 Å². The van der Waals surface area contributed by atoms with E-state index in [-0.39, 0.29) is 19.0 Å². The van der Waals surface area contributed by atoms with Crippen LogP contribution >= 0.6 is 12.4 Å². The molecule has 0 spiro atoms. The van der Waals surface area contributed by atoms with E-state index in [1.165, 1.54) is 0 Å². The van der Waals surface area contributed by atoms with Gasteiger partial charge in [-0.25, -0.2) is 4.79 Å². The highest BCUT2D eigenvalue weighted by molar-refractivity contribution is 5.85. The quantitative estimate of drug-likeness (QED) is 0.585. The molecule has 0 saturated heterocycles. The molecule has 0 aromatic heterocycles. The summed E-state index contributed by atoms with van der Waals surface area (Å²) in [4.78, 5) is 14.9. The standard InChI is InChI=1S/C22H25NO3.ClH/c1-3-23(4-2)17-11-12-18-26-21(24)22(25,19-13-7-5-8-14-19)20-15-9-6-10-16-20;/h5-10,13-16,25H,3-4,17-18H2,1-2H3;1H. The molecule has 0 aliphatic heterocycles. The van der Waals surface area contributed by atoms with Gasteiger partial charge in [0, 0.05) is 0 Å². The van der Waals surface area contributed by atoms with Crippen LogP contribution in [0.25, 0.3) is 0 Å². The van der Waals surface area contributed by atoms with E-state index in [9.17, 15) is 9.90 Å². The summed E-state index contributed by atoms with van der Waals surface area (Å²) >= 11 is 0. The summed E-state index contributed by atoms with van der Waals surface area (Å²) in [6.07, 6.45) is 0. The molecular weight excluding hydrogens is 362 g/mol. The van der Waals surface area contributed by atoms with Gasteiger partial charge in [-0.05, 0) is 24.2 Å². The maximum Gasteiger partial charge on any atom is 0.348 e. The first-order chi connectivity index (χ1) is 12.6. The fourth-order valence-corrected chi connectivity index (χ4v) is 2.63. The Bertz CT molecular complexity index is 710. The molecule has 1 N–H and O–H groups in total. The summed E-state index contributed by atoms with van der Waals surface area (Å²) in [6.45, 7) is 6.57. The van der Waals surface area contributed by atoms with Crippen LogP contribution in [0, 0.1) is 11.8 Å². The maximum absolute atomic E-state index is 12.7. The molecule has 0 aliphatic rings. The topological polar surface area (TPSA) is 49.8 Å². The lowest BCUT2D eigenvalue weighted by molar-refractivity contribution is -0.160. The van der Waals surface area contributed by atoms with Crippen molar-refractivity contribution in [2.75, 3.05) is 26.2 Å². The van der Waals surface area contributed by atoms with Crippen molar-refractivity contribution in [1.82, 2.24) is 4.90 Å². The highest BCUT2D eigenvalue weighted by atomic mass is 35.5. The van der Waals surface area contributed by atoms with Gasteiger partial charge in [0.15, 0.2) is 6.61 Å². The van der Waals surface area contributed by atoms with Crippen molar-refractivity contribution in [3.05, 3.63) is 71.8 Å². The maximum atomic E-state index is 12.7. The Morgan fingerprint density at radius 3 is 1.89 bits per heavy atom. The lowest BCUT2D eigenvalue weighted by Crippen LogP contribution is -2.38. The molecule has 0 aliphatic carbocycles. The van der Waals surface area contributed by atoms with Crippen LogP contribution in [0.15, 0.2) is 60.7 Å². The predicted molar refractivity (Wildman–Crippen MR) is 110 cm³/mol. The van der Waals surface area contributed by atoms with Crippen molar-refractivity contribution in [3.63, 3.8) is 0 Å². The van der Waals surface area contributed by atoms with E-state index in [1.807, 2.05) is 12.1 Å². The lowest BCUT2D eigenvalue weighted by atomic mass is 9.86. The molecule has 5 heteroatoms. The Labute approximate surface area is 167 Å². The zero-order valence-corrected chi connectivity index (χ0v) is 16.5. The summed E-state index contributed by atoms with van der Waals surface area (Å²) in [6, 6.07) is 17.6. The number of hydrogen-bond donors (Lipinski definition) is 1. The number of hydrogen-bond acceptors (Lipinski definition) is 4. The molecule has 0 bridgehead atoms. The monoisotopic (exact) mass is 387 g/mol. The molecule has 0 radical (unpaired) electrons. The highest BCUT2D eigenvalue weighted by Gasteiger charge is 2.41. The van der Waals surface area contributed by atoms with Crippen molar-refractivity contribution in [1.29, 1.82) is 0 Å². The molecule has 27 heavy (non-hydrogen) atoms. The van der Waals surface area contributed by atoms with Gasteiger partial charge < -0.3 is 9.84 Å². The van der Waals surface area contributed by atoms with Crippen LogP contribution in [0.5, 0.6) is 0 Å². The van der Waals surface area contributed by atoms with Gasteiger partial charge in [0.1, 0.15) is 0 Å². The molecule has 0 unspecified atom stereocenters. The van der Waals surface area contributed by atoms with Gasteiger partial charge in [-0.3, -0.25) is 4.90 Å². The number of aliphatic hydroxyl groups is 1. The molecule has 144 valence electrons. The van der Waals surface area contributed by atoms with Crippen LogP contribution in [0.2, 0.25) is 0 Å². The Balaban J connectivity index is 0.00000364. The molecule has 0 saturated carbocycles. The Morgan fingerprint density at radius 2 is 1.44 bits per heavy atom. The second kappa shape index (κ2) is 11.4. The van der Waals surface area contributed by atoms with Crippen LogP contribution in [0.3, 0.4) is 0 Å². The molecule has 4 nitrogen and oxygen atoms in total. The Hall–Kier alpha value is -2.32. The summed E-state index contributed by atoms with van der Waals surface area (Å²) in [7, 11) is 0. The lowest BCUT2D eigenvalue weighted by Gasteiger charge is -2.26. The molecule has 2 aromatic carbocycles. The van der Waals surface area contributed by atoms with E-state index in [4.69, 9.17) is 4.74 Å². The number of carbonyl (C=O) groups excluding carboxylic acids is 1. The number of esters is 1. The van der Waals surface area contributed by atoms with E-state index in [0.717, 1.165) is 13.1 Å². The number of ether oxygens (including phenoxy) is 1. The van der Waals surface area contributed by atoms with Gasteiger partial charge >= 0.3 is 5.97 Å². The molecule has 2 aromatic rings. The largest absolute Gasteiger partial charge is 0.450 e. The molecule has 0 fully saturated rings. The predicted octanol–water partition coefficient (Wildman–Crippen LogP) is 3.23. The number of nitrogens with zero attached hydrogens (tertiary/aromatic N) is 1. The van der Waals surface area contributed by atoms with Crippen LogP contribution in [0.4, 0.5) is 0 Å². The fraction of sp³-hybridized carbons (Fsp3) is 0.318. The minimum atomic E-state index is -1.86. The SMILES string of the molecule is CCN(CC)CC#CCOC(=O)C(O)(c1ccccc1)c1ccccc1.Cl. The number of carbonyl (C=O) groups is 1. The van der Waals surface area contributed by atoms with Crippen molar-refractivity contribution < 1.29 is 14.6 Å². The van der Waals surface area contributed by atoms with Crippen LogP contribution in [-0.4, -0.2) is 42.2 Å². The number of halogens is 1.